The van der Waals surface area contributed by atoms with Gasteiger partial charge in [0.2, 0.25) is 0 Å². The van der Waals surface area contributed by atoms with Crippen molar-refractivity contribution in [2.24, 2.45) is 40.0 Å². The Morgan fingerprint density at radius 3 is 1.18 bits per heavy atom. The van der Waals surface area contributed by atoms with Gasteiger partial charge < -0.3 is 24.1 Å². The van der Waals surface area contributed by atoms with Crippen molar-refractivity contribution in [3.05, 3.63) is 132 Å². The molecule has 1 N–H and O–H groups in total. The maximum atomic E-state index is 8.84. The first-order valence-corrected chi connectivity index (χ1v) is 31.9. The van der Waals surface area contributed by atoms with E-state index in [1.807, 2.05) is 95.6 Å². The number of aromatic nitrogens is 8. The summed E-state index contributed by atoms with van der Waals surface area (Å²) >= 11 is 28.8. The van der Waals surface area contributed by atoms with Crippen LogP contribution in [0.3, 0.4) is 0 Å². The SMILES string of the molecule is C.CC#CC(C)(C)O.CC1CC(Cl)C(Cl)C1.CC1CC1.CC1CO1.COCC1CO1.COc1ccc(C)cc1.Cc1c(Cl)nn(C)c1Cl.Cc1ccc(C)cc1.Cc1cn(C)nc1C.Cc1nn(C)c(C)c1C.Cc1nn(C)c(Cl)c1C.[2HH].[2HH].[2HH].[2HH].[2HH].[2HH].[2HH].[2HH].[2HH].[2H][2H].[2H][2H].[2H][2H].[2H][2H].[2H][2H].[2H][2H].[2H][2H].[2H][2H].[2H][2H].[BH][BH].[BH][B][BH].[B]B([BH])[BH]. The lowest BCUT2D eigenvalue weighted by molar-refractivity contribution is 0.143. The van der Waals surface area contributed by atoms with E-state index in [0.29, 0.717) is 22.5 Å². The molecule has 4 fully saturated rings. The van der Waals surface area contributed by atoms with Gasteiger partial charge in [0.1, 0.15) is 27.8 Å². The van der Waals surface area contributed by atoms with Crippen LogP contribution in [-0.4, -0.2) is 174 Å². The van der Waals surface area contributed by atoms with Crippen molar-refractivity contribution in [2.45, 2.75) is 179 Å². The number of hydrogen-bond donors (Lipinski definition) is 1. The molecule has 2 aromatic carbocycles. The quantitative estimate of drug-likeness (QED) is 0.0795. The summed E-state index contributed by atoms with van der Waals surface area (Å²) in [6.07, 6.45) is 8.01. The van der Waals surface area contributed by atoms with Crippen molar-refractivity contribution in [2.75, 3.05) is 34.0 Å². The number of hydrogen-bond acceptors (Lipinski definition) is 9. The lowest BCUT2D eigenvalue weighted by atomic mass is 9.08. The maximum absolute atomic E-state index is 8.84. The van der Waals surface area contributed by atoms with E-state index < -0.39 is 5.60 Å². The van der Waals surface area contributed by atoms with Gasteiger partial charge in [-0.2, -0.15) is 20.4 Å². The van der Waals surface area contributed by atoms with Gasteiger partial charge in [0.25, 0.3) is 0 Å². The van der Waals surface area contributed by atoms with Gasteiger partial charge in [0, 0.05) is 165 Å². The van der Waals surface area contributed by atoms with Crippen LogP contribution in [-0.2, 0) is 42.4 Å². The molecular formula is C64H145B9Cl5N8O5. The second kappa shape index (κ2) is 54.7. The van der Waals surface area contributed by atoms with Crippen LogP contribution in [0.25, 0.3) is 0 Å². The van der Waals surface area contributed by atoms with Crippen molar-refractivity contribution in [1.82, 2.24) is 39.1 Å². The summed E-state index contributed by atoms with van der Waals surface area (Å²) in [5.41, 5.74) is 12.1. The zero-order valence-corrected chi connectivity index (χ0v) is 62.9. The fourth-order valence-corrected chi connectivity index (χ4v) is 7.67. The topological polar surface area (TPSA) is 135 Å². The van der Waals surface area contributed by atoms with Gasteiger partial charge in [0.05, 0.1) is 60.9 Å². The number of methoxy groups -OCH3 is 2. The number of rotatable bonds is 3. The molecule has 10 rings (SSSR count). The molecule has 2 saturated heterocycles. The average molecular weight is 1410 g/mol. The molecule has 6 heterocycles. The number of halogens is 5. The van der Waals surface area contributed by atoms with Crippen LogP contribution >= 0.6 is 58.0 Å². The summed E-state index contributed by atoms with van der Waals surface area (Å²) in [5.74, 6) is 7.93. The van der Waals surface area contributed by atoms with Gasteiger partial charge in [0.15, 0.2) is 5.15 Å². The molecule has 2 aliphatic carbocycles. The fourth-order valence-electron chi connectivity index (χ4n) is 6.30. The summed E-state index contributed by atoms with van der Waals surface area (Å²) in [7, 11) is 36.3. The summed E-state index contributed by atoms with van der Waals surface area (Å²) in [5, 5.41) is 27.4. The maximum Gasteiger partial charge on any atom is 0.155 e. The number of aliphatic hydroxyl groups is 1. The Morgan fingerprint density at radius 1 is 0.692 bits per heavy atom. The first kappa shape index (κ1) is 78.2. The Labute approximate surface area is 628 Å². The van der Waals surface area contributed by atoms with Gasteiger partial charge in [-0.05, 0) is 152 Å². The Morgan fingerprint density at radius 2 is 1.05 bits per heavy atom. The van der Waals surface area contributed by atoms with Crippen LogP contribution in [0.2, 0.25) is 15.5 Å². The summed E-state index contributed by atoms with van der Waals surface area (Å²) in [6, 6.07) is 16.4. The van der Waals surface area contributed by atoms with Gasteiger partial charge in [-0.25, -0.2) is 0 Å². The first-order chi connectivity index (χ1) is 50.8. The lowest BCUT2D eigenvalue weighted by Crippen LogP contribution is -2.14. The zero-order valence-electron chi connectivity index (χ0n) is 77.1. The Hall–Kier alpha value is -3.49. The number of ether oxygens (including phenoxy) is 4. The molecule has 0 amide bonds. The van der Waals surface area contributed by atoms with Gasteiger partial charge >= 0.3 is 0 Å². The van der Waals surface area contributed by atoms with Gasteiger partial charge in [-0.1, -0.05) is 128 Å². The lowest BCUT2D eigenvalue weighted by Gasteiger charge is -2.04. The van der Waals surface area contributed by atoms with Crippen LogP contribution in [0.5, 0.6) is 5.75 Å². The van der Waals surface area contributed by atoms with Crippen molar-refractivity contribution in [3.8, 4) is 17.6 Å². The minimum atomic E-state index is -0.811. The van der Waals surface area contributed by atoms with E-state index in [4.69, 9.17) is 117 Å². The molecule has 2 aliphatic heterocycles. The molecule has 0 bridgehead atoms. The highest BCUT2D eigenvalue weighted by Crippen LogP contribution is 2.33. The fraction of sp³-hybridized carbons (Fsp3) is 0.594. The number of nitrogens with zero attached hydrogens (tertiary/aromatic N) is 8. The van der Waals surface area contributed by atoms with Crippen molar-refractivity contribution < 1.29 is 63.6 Å². The van der Waals surface area contributed by atoms with Crippen molar-refractivity contribution in [3.63, 3.8) is 0 Å². The standard InChI is InChI=1S/C8H10O.C8H10.C7H12N2.C6H10Cl2.C6H9ClN2.C6H10N2.C6H10O.C5H6Cl2N2.C4H8O2.C4H8.C3H6O.CH4.B4H2.B3H2.B2H2.18H2/c1-7-3-5-8(9-2)6-4-7;1-7-3-5-8(2)6-4-7;1-5-6(2)8-9(4)7(5)3;1-4-2-5(7)6(8)3-4;1-4-5(2)8-9(3)6(4)7;1-5-4-8(3)7-6(5)2;1-4-5-6(2,3)7;1-3-4(6)8-9(2)5(3)7;1-5-2-4-3-6-4;1-4-2-3-4;1-3-2-4-3;;1-4(2)3;1-3-2;1-2;;;;;;;;;;;;;;;;;;/h3-6H,1-2H3;3-6H,1-2H3;1-4H3;4-6H,2-3H2,1H3;1-3H3;4H,1-3H3;7H,1-3H3;1-2H3;4H,2-3H2,1H3;4H,2-3H2,1H3;3H,2H2,1H3;1H4;1-2H;1-2H;1-2H;18*1H/i;;;;;;;;;;;;;;;9*1+1D;9*1+1. The molecular weight excluding hydrogens is 1240 g/mol. The summed E-state index contributed by atoms with van der Waals surface area (Å²) in [6.45, 7) is 36.4. The number of epoxide rings is 2. The highest BCUT2D eigenvalue weighted by molar-refractivity contribution is 7.49. The molecule has 13 nitrogen and oxygen atoms in total. The molecule has 2 saturated carbocycles. The van der Waals surface area contributed by atoms with Crippen LogP contribution in [0, 0.1) is 99.8 Å². The third-order valence-electron chi connectivity index (χ3n) is 12.4. The molecule has 6 aromatic rings. The molecule has 4 aromatic heterocycles. The Kier molecular flexibility index (Phi) is 47.0. The van der Waals surface area contributed by atoms with E-state index in [1.165, 1.54) is 53.4 Å². The van der Waals surface area contributed by atoms with Crippen LogP contribution < -0.4 is 4.74 Å². The molecule has 4 atom stereocenters. The molecule has 4 aliphatic rings. The minimum Gasteiger partial charge on any atom is -0.497 e. The summed E-state index contributed by atoms with van der Waals surface area (Å²) < 4.78 is 116. The summed E-state index contributed by atoms with van der Waals surface area (Å²) in [4.78, 5) is 0. The second-order valence-corrected chi connectivity index (χ2v) is 24.6. The third-order valence-corrected chi connectivity index (χ3v) is 14.9. The smallest absolute Gasteiger partial charge is 0.155 e. The molecule has 27 heteroatoms. The second-order valence-electron chi connectivity index (χ2n) is 22.4. The number of benzene rings is 2. The number of alkyl halides is 2. The molecule has 91 heavy (non-hydrogen) atoms. The van der Waals surface area contributed by atoms with E-state index >= 15 is 0 Å². The minimum absolute atomic E-state index is 0. The van der Waals surface area contributed by atoms with Crippen molar-refractivity contribution >= 4 is 126 Å². The predicted octanol–water partition coefficient (Wildman–Crippen LogP) is 15.7. The largest absolute Gasteiger partial charge is 0.497 e. The van der Waals surface area contributed by atoms with E-state index in [-0.39, 0.29) is 37.4 Å². The van der Waals surface area contributed by atoms with Crippen LogP contribution in [0.4, 0.5) is 0 Å². The third kappa shape index (κ3) is 54.5. The Bertz CT molecular complexity index is 2660. The van der Waals surface area contributed by atoms with Gasteiger partial charge in [-0.3, -0.25) is 18.7 Å². The van der Waals surface area contributed by atoms with Crippen molar-refractivity contribution in [1.29, 1.82) is 0 Å². The van der Waals surface area contributed by atoms with E-state index in [9.17, 15) is 0 Å². The molecule has 9 radical (unpaired) electrons. The first-order valence-electron chi connectivity index (χ1n) is 38.9. The van der Waals surface area contributed by atoms with E-state index in [0.717, 1.165) is 83.6 Å². The van der Waals surface area contributed by atoms with Crippen LogP contribution in [0.1, 0.15) is 176 Å². The number of aryl methyl sites for hydroxylation is 11. The van der Waals surface area contributed by atoms with Gasteiger partial charge in [-0.15, -0.1) is 29.1 Å². The Balaban J connectivity index is -0.0000000387. The monoisotopic (exact) mass is 1410 g/mol. The zero-order chi connectivity index (χ0) is 88.6. The van der Waals surface area contributed by atoms with E-state index in [2.05, 4.69) is 165 Å². The van der Waals surface area contributed by atoms with Crippen LogP contribution in [0.15, 0.2) is 54.7 Å². The highest BCUT2D eigenvalue weighted by Gasteiger charge is 2.28. The normalized spacial score (nSPS) is 16.7. The molecule has 533 valence electrons. The van der Waals surface area contributed by atoms with E-state index in [1.54, 1.807) is 51.4 Å². The predicted molar refractivity (Wildman–Crippen MR) is 447 cm³/mol. The highest BCUT2D eigenvalue weighted by atomic mass is 35.5. The molecule has 4 unspecified atom stereocenters. The molecule has 0 spiro atoms. The average Bonchev–Trinajstić information content (AvgIpc) is 1.73.